The Labute approximate surface area is 125 Å². The summed E-state index contributed by atoms with van der Waals surface area (Å²) in [5.74, 6) is -0.419. The van der Waals surface area contributed by atoms with E-state index in [9.17, 15) is 14.7 Å². The standard InChI is InChI=1S/C16H22N2O3/c1-3-8-18(10-12-5-6-12)16(21)17-14-7-4-11(2)9-13(14)15(19)20/h4,7,9,12H,3,5-6,8,10H2,1-2H3,(H,17,21)(H,19,20). The third-order valence-corrected chi connectivity index (χ3v) is 3.60. The molecular formula is C16H22N2O3. The quantitative estimate of drug-likeness (QED) is 0.844. The van der Waals surface area contributed by atoms with E-state index < -0.39 is 5.97 Å². The van der Waals surface area contributed by atoms with Crippen LogP contribution in [0, 0.1) is 12.8 Å². The Bertz CT molecular complexity index is 538. The molecule has 5 heteroatoms. The molecule has 1 aliphatic carbocycles. The molecule has 2 N–H and O–H groups in total. The van der Waals surface area contributed by atoms with E-state index in [1.165, 1.54) is 12.8 Å². The second kappa shape index (κ2) is 6.61. The maximum absolute atomic E-state index is 12.3. The lowest BCUT2D eigenvalue weighted by molar-refractivity contribution is 0.0698. The van der Waals surface area contributed by atoms with Crippen molar-refractivity contribution in [2.24, 2.45) is 5.92 Å². The van der Waals surface area contributed by atoms with Gasteiger partial charge in [-0.15, -0.1) is 0 Å². The van der Waals surface area contributed by atoms with Gasteiger partial charge >= 0.3 is 12.0 Å². The second-order valence-corrected chi connectivity index (χ2v) is 5.67. The molecular weight excluding hydrogens is 268 g/mol. The van der Waals surface area contributed by atoms with E-state index in [0.717, 1.165) is 18.5 Å². The molecule has 1 aliphatic rings. The van der Waals surface area contributed by atoms with Crippen molar-refractivity contribution in [3.05, 3.63) is 29.3 Å². The number of hydrogen-bond donors (Lipinski definition) is 2. The molecule has 0 radical (unpaired) electrons. The number of rotatable bonds is 6. The summed E-state index contributed by atoms with van der Waals surface area (Å²) >= 11 is 0. The molecule has 2 rings (SSSR count). The van der Waals surface area contributed by atoms with Gasteiger partial charge in [-0.1, -0.05) is 18.6 Å². The highest BCUT2D eigenvalue weighted by Crippen LogP contribution is 2.30. The van der Waals surface area contributed by atoms with Crippen LogP contribution in [0.1, 0.15) is 42.1 Å². The van der Waals surface area contributed by atoms with Gasteiger partial charge in [-0.2, -0.15) is 0 Å². The van der Waals surface area contributed by atoms with Crippen LogP contribution in [-0.4, -0.2) is 35.1 Å². The average molecular weight is 290 g/mol. The number of amides is 2. The fourth-order valence-corrected chi connectivity index (χ4v) is 2.30. The number of urea groups is 1. The predicted octanol–water partition coefficient (Wildman–Crippen LogP) is 3.35. The number of nitrogens with zero attached hydrogens (tertiary/aromatic N) is 1. The average Bonchev–Trinajstić information content (AvgIpc) is 3.24. The van der Waals surface area contributed by atoms with Crippen LogP contribution in [-0.2, 0) is 0 Å². The molecule has 0 spiro atoms. The zero-order valence-corrected chi connectivity index (χ0v) is 12.6. The molecule has 21 heavy (non-hydrogen) atoms. The molecule has 1 saturated carbocycles. The van der Waals surface area contributed by atoms with Crippen LogP contribution in [0.2, 0.25) is 0 Å². The van der Waals surface area contributed by atoms with Crippen molar-refractivity contribution in [2.45, 2.75) is 33.1 Å². The summed E-state index contributed by atoms with van der Waals surface area (Å²) in [6.07, 6.45) is 3.25. The smallest absolute Gasteiger partial charge is 0.337 e. The first-order valence-electron chi connectivity index (χ1n) is 7.41. The van der Waals surface area contributed by atoms with Crippen LogP contribution in [0.5, 0.6) is 0 Å². The number of carbonyl (C=O) groups is 2. The number of carbonyl (C=O) groups excluding carboxylic acids is 1. The number of carboxylic acid groups (broad SMARTS) is 1. The Hall–Kier alpha value is -2.04. The van der Waals surface area contributed by atoms with Gasteiger partial charge in [0.15, 0.2) is 0 Å². The van der Waals surface area contributed by atoms with Crippen LogP contribution in [0.3, 0.4) is 0 Å². The number of benzene rings is 1. The van der Waals surface area contributed by atoms with Crippen LogP contribution in [0.4, 0.5) is 10.5 Å². The molecule has 0 atom stereocenters. The highest BCUT2D eigenvalue weighted by atomic mass is 16.4. The minimum atomic E-state index is -1.03. The van der Waals surface area contributed by atoms with Gasteiger partial charge in [0.25, 0.3) is 0 Å². The Morgan fingerprint density at radius 2 is 2.10 bits per heavy atom. The third-order valence-electron chi connectivity index (χ3n) is 3.60. The van der Waals surface area contributed by atoms with Crippen LogP contribution in [0.25, 0.3) is 0 Å². The van der Waals surface area contributed by atoms with Crippen molar-refractivity contribution in [2.75, 3.05) is 18.4 Å². The number of aromatic carboxylic acids is 1. The summed E-state index contributed by atoms with van der Waals surface area (Å²) in [7, 11) is 0. The summed E-state index contributed by atoms with van der Waals surface area (Å²) in [4.78, 5) is 25.4. The van der Waals surface area contributed by atoms with Gasteiger partial charge in [-0.05, 0) is 44.2 Å². The predicted molar refractivity (Wildman–Crippen MR) is 81.7 cm³/mol. The zero-order chi connectivity index (χ0) is 15.4. The second-order valence-electron chi connectivity index (χ2n) is 5.67. The number of aryl methyl sites for hydroxylation is 1. The lowest BCUT2D eigenvalue weighted by Gasteiger charge is -2.23. The Balaban J connectivity index is 2.11. The molecule has 0 aliphatic heterocycles. The van der Waals surface area contributed by atoms with E-state index in [1.807, 2.05) is 13.8 Å². The van der Waals surface area contributed by atoms with E-state index in [-0.39, 0.29) is 11.6 Å². The van der Waals surface area contributed by atoms with Crippen molar-refractivity contribution < 1.29 is 14.7 Å². The van der Waals surface area contributed by atoms with Gasteiger partial charge in [0.05, 0.1) is 11.3 Å². The van der Waals surface area contributed by atoms with Gasteiger partial charge in [0.1, 0.15) is 0 Å². The maximum Gasteiger partial charge on any atom is 0.337 e. The molecule has 0 unspecified atom stereocenters. The first-order chi connectivity index (χ1) is 10.0. The van der Waals surface area contributed by atoms with Gasteiger partial charge in [-0.3, -0.25) is 0 Å². The van der Waals surface area contributed by atoms with Crippen LogP contribution >= 0.6 is 0 Å². The highest BCUT2D eigenvalue weighted by Gasteiger charge is 2.26. The van der Waals surface area contributed by atoms with Crippen LogP contribution in [0.15, 0.2) is 18.2 Å². The molecule has 1 aromatic carbocycles. The van der Waals surface area contributed by atoms with E-state index in [0.29, 0.717) is 18.2 Å². The first kappa shape index (κ1) is 15.4. The Morgan fingerprint density at radius 3 is 2.67 bits per heavy atom. The molecule has 1 aromatic rings. The third kappa shape index (κ3) is 4.21. The zero-order valence-electron chi connectivity index (χ0n) is 12.6. The van der Waals surface area contributed by atoms with E-state index in [1.54, 1.807) is 23.1 Å². The number of carboxylic acids is 1. The SMILES string of the molecule is CCCN(CC1CC1)C(=O)Nc1ccc(C)cc1C(=O)O. The Morgan fingerprint density at radius 1 is 1.38 bits per heavy atom. The topological polar surface area (TPSA) is 69.6 Å². The number of nitrogens with one attached hydrogen (secondary N) is 1. The van der Waals surface area contributed by atoms with Crippen LogP contribution < -0.4 is 5.32 Å². The minimum Gasteiger partial charge on any atom is -0.478 e. The normalized spacial score (nSPS) is 13.8. The monoisotopic (exact) mass is 290 g/mol. The van der Waals surface area contributed by atoms with Gasteiger partial charge in [0.2, 0.25) is 0 Å². The minimum absolute atomic E-state index is 0.131. The summed E-state index contributed by atoms with van der Waals surface area (Å²) in [6.45, 7) is 5.31. The summed E-state index contributed by atoms with van der Waals surface area (Å²) in [6, 6.07) is 4.81. The lowest BCUT2D eigenvalue weighted by Crippen LogP contribution is -2.37. The van der Waals surface area contributed by atoms with E-state index in [2.05, 4.69) is 5.32 Å². The summed E-state index contributed by atoms with van der Waals surface area (Å²) in [5.41, 5.74) is 1.34. The highest BCUT2D eigenvalue weighted by molar-refractivity contribution is 6.00. The molecule has 0 aromatic heterocycles. The van der Waals surface area contributed by atoms with Gasteiger partial charge in [0, 0.05) is 13.1 Å². The molecule has 2 amide bonds. The summed E-state index contributed by atoms with van der Waals surface area (Å²) < 4.78 is 0. The summed E-state index contributed by atoms with van der Waals surface area (Å²) in [5, 5.41) is 12.0. The van der Waals surface area contributed by atoms with E-state index >= 15 is 0 Å². The lowest BCUT2D eigenvalue weighted by atomic mass is 10.1. The van der Waals surface area contributed by atoms with Gasteiger partial charge in [-0.25, -0.2) is 9.59 Å². The largest absolute Gasteiger partial charge is 0.478 e. The maximum atomic E-state index is 12.3. The van der Waals surface area contributed by atoms with Crippen molar-refractivity contribution >= 4 is 17.7 Å². The molecule has 0 bridgehead atoms. The van der Waals surface area contributed by atoms with Crippen molar-refractivity contribution in [3.8, 4) is 0 Å². The molecule has 114 valence electrons. The Kier molecular flexibility index (Phi) is 4.83. The van der Waals surface area contributed by atoms with Crippen molar-refractivity contribution in [1.29, 1.82) is 0 Å². The fraction of sp³-hybridized carbons (Fsp3) is 0.500. The first-order valence-corrected chi connectivity index (χ1v) is 7.41. The molecule has 5 nitrogen and oxygen atoms in total. The van der Waals surface area contributed by atoms with Crippen molar-refractivity contribution in [3.63, 3.8) is 0 Å². The molecule has 0 saturated heterocycles. The fourth-order valence-electron chi connectivity index (χ4n) is 2.30. The number of anilines is 1. The van der Waals surface area contributed by atoms with Gasteiger partial charge < -0.3 is 15.3 Å². The molecule has 1 fully saturated rings. The molecule has 0 heterocycles. The van der Waals surface area contributed by atoms with Crippen molar-refractivity contribution in [1.82, 2.24) is 4.90 Å². The van der Waals surface area contributed by atoms with E-state index in [4.69, 9.17) is 0 Å². The number of hydrogen-bond acceptors (Lipinski definition) is 2.